The van der Waals surface area contributed by atoms with Crippen LogP contribution in [0.2, 0.25) is 0 Å². The van der Waals surface area contributed by atoms with E-state index in [0.29, 0.717) is 18.2 Å². The predicted molar refractivity (Wildman–Crippen MR) is 66.8 cm³/mol. The van der Waals surface area contributed by atoms with Crippen molar-refractivity contribution in [1.29, 1.82) is 0 Å². The maximum absolute atomic E-state index is 6.00. The summed E-state index contributed by atoms with van der Waals surface area (Å²) >= 11 is 0. The Kier molecular flexibility index (Phi) is 3.23. The van der Waals surface area contributed by atoms with Crippen molar-refractivity contribution in [3.05, 3.63) is 18.1 Å². The maximum atomic E-state index is 6.00. The Bertz CT molecular complexity index is 504. The van der Waals surface area contributed by atoms with E-state index in [1.54, 1.807) is 4.52 Å². The van der Waals surface area contributed by atoms with Crippen molar-refractivity contribution in [1.82, 2.24) is 19.6 Å². The lowest BCUT2D eigenvalue weighted by atomic mass is 10.1. The number of nitrogens with two attached hydrogens (primary N) is 1. The highest BCUT2D eigenvalue weighted by Crippen LogP contribution is 2.10. The lowest BCUT2D eigenvalue weighted by Gasteiger charge is -2.17. The number of rotatable bonds is 4. The summed E-state index contributed by atoms with van der Waals surface area (Å²) in [5.74, 6) is 1.92. The molecule has 1 unspecified atom stereocenters. The number of nitrogens with zero attached hydrogens (tertiary/aromatic N) is 4. The topological polar surface area (TPSA) is 81.1 Å². The fraction of sp³-hybridized carbons (Fsp3) is 0.545. The molecule has 3 N–H and O–H groups in total. The zero-order valence-corrected chi connectivity index (χ0v) is 10.4. The quantitative estimate of drug-likeness (QED) is 0.819. The third kappa shape index (κ3) is 2.52. The lowest BCUT2D eigenvalue weighted by Crippen LogP contribution is -2.34. The second-order valence-corrected chi connectivity index (χ2v) is 4.54. The summed E-state index contributed by atoms with van der Waals surface area (Å²) < 4.78 is 1.68. The van der Waals surface area contributed by atoms with Gasteiger partial charge in [-0.25, -0.2) is 4.98 Å². The van der Waals surface area contributed by atoms with Crippen LogP contribution < -0.4 is 11.1 Å². The first-order valence-corrected chi connectivity index (χ1v) is 5.74. The predicted octanol–water partition coefficient (Wildman–Crippen LogP) is 0.828. The van der Waals surface area contributed by atoms with Crippen molar-refractivity contribution < 1.29 is 0 Å². The van der Waals surface area contributed by atoms with E-state index >= 15 is 0 Å². The number of aryl methyl sites for hydroxylation is 1. The normalized spacial score (nSPS) is 13.2. The minimum atomic E-state index is 0.113. The van der Waals surface area contributed by atoms with Crippen molar-refractivity contribution in [2.75, 3.05) is 11.9 Å². The fourth-order valence-electron chi connectivity index (χ4n) is 1.51. The first-order chi connectivity index (χ1) is 8.08. The summed E-state index contributed by atoms with van der Waals surface area (Å²) in [6.07, 6.45) is 1.50. The van der Waals surface area contributed by atoms with Gasteiger partial charge in [0.15, 0.2) is 0 Å². The molecular formula is C11H18N6. The van der Waals surface area contributed by atoms with E-state index in [0.717, 1.165) is 11.5 Å². The van der Waals surface area contributed by atoms with E-state index in [9.17, 15) is 0 Å². The first-order valence-electron chi connectivity index (χ1n) is 5.74. The largest absolute Gasteiger partial charge is 0.368 e. The lowest BCUT2D eigenvalue weighted by molar-refractivity contribution is 0.510. The molecule has 1 atom stereocenters. The van der Waals surface area contributed by atoms with Crippen LogP contribution >= 0.6 is 0 Å². The molecule has 0 radical (unpaired) electrons. The Morgan fingerprint density at radius 3 is 2.94 bits per heavy atom. The average Bonchev–Trinajstić information content (AvgIpc) is 2.72. The van der Waals surface area contributed by atoms with E-state index in [1.165, 1.54) is 6.33 Å². The summed E-state index contributed by atoms with van der Waals surface area (Å²) in [7, 11) is 0. The van der Waals surface area contributed by atoms with Gasteiger partial charge in [-0.1, -0.05) is 13.8 Å². The van der Waals surface area contributed by atoms with Gasteiger partial charge in [-0.3, -0.25) is 0 Å². The third-order valence-corrected chi connectivity index (χ3v) is 2.76. The standard InChI is InChI=1S/C11H18N6/c1-7(2)9(12)5-13-10-4-8(3)16-11-14-6-15-17(10)11/h4,6-7,9,13H,5,12H2,1-3H3. The average molecular weight is 234 g/mol. The summed E-state index contributed by atoms with van der Waals surface area (Å²) in [6, 6.07) is 2.05. The van der Waals surface area contributed by atoms with Gasteiger partial charge >= 0.3 is 0 Å². The molecule has 2 aromatic heterocycles. The molecule has 0 saturated carbocycles. The molecule has 0 amide bonds. The summed E-state index contributed by atoms with van der Waals surface area (Å²) in [5.41, 5.74) is 6.91. The Balaban J connectivity index is 2.20. The van der Waals surface area contributed by atoms with Crippen LogP contribution in [0, 0.1) is 12.8 Å². The minimum Gasteiger partial charge on any atom is -0.368 e. The summed E-state index contributed by atoms with van der Waals surface area (Å²) in [5, 5.41) is 7.41. The van der Waals surface area contributed by atoms with Crippen molar-refractivity contribution >= 4 is 11.6 Å². The van der Waals surface area contributed by atoms with Crippen molar-refractivity contribution in [2.24, 2.45) is 11.7 Å². The first kappa shape index (κ1) is 11.8. The molecule has 0 fully saturated rings. The van der Waals surface area contributed by atoms with Crippen LogP contribution in [0.4, 0.5) is 5.82 Å². The van der Waals surface area contributed by atoms with E-state index in [-0.39, 0.29) is 6.04 Å². The second-order valence-electron chi connectivity index (χ2n) is 4.54. The van der Waals surface area contributed by atoms with E-state index in [2.05, 4.69) is 34.2 Å². The maximum Gasteiger partial charge on any atom is 0.254 e. The number of hydrogen-bond donors (Lipinski definition) is 2. The van der Waals surface area contributed by atoms with Gasteiger partial charge in [-0.15, -0.1) is 0 Å². The van der Waals surface area contributed by atoms with Gasteiger partial charge in [0.2, 0.25) is 0 Å². The van der Waals surface area contributed by atoms with Gasteiger partial charge in [0, 0.05) is 24.3 Å². The minimum absolute atomic E-state index is 0.113. The van der Waals surface area contributed by atoms with Gasteiger partial charge in [-0.05, 0) is 12.8 Å². The Morgan fingerprint density at radius 2 is 2.24 bits per heavy atom. The van der Waals surface area contributed by atoms with E-state index in [1.807, 2.05) is 13.0 Å². The zero-order chi connectivity index (χ0) is 12.4. The summed E-state index contributed by atoms with van der Waals surface area (Å²) in [4.78, 5) is 8.35. The summed E-state index contributed by atoms with van der Waals surface area (Å²) in [6.45, 7) is 6.85. The Morgan fingerprint density at radius 1 is 1.47 bits per heavy atom. The molecule has 17 heavy (non-hydrogen) atoms. The SMILES string of the molecule is Cc1cc(NCC(N)C(C)C)n2ncnc2n1. The highest BCUT2D eigenvalue weighted by atomic mass is 15.3. The molecule has 2 aromatic rings. The molecule has 6 nitrogen and oxygen atoms in total. The smallest absolute Gasteiger partial charge is 0.254 e. The Labute approximate surface area is 100 Å². The molecule has 2 rings (SSSR count). The van der Waals surface area contributed by atoms with E-state index < -0.39 is 0 Å². The number of nitrogens with one attached hydrogen (secondary N) is 1. The van der Waals surface area contributed by atoms with Crippen molar-refractivity contribution in [2.45, 2.75) is 26.8 Å². The molecular weight excluding hydrogens is 216 g/mol. The van der Waals surface area contributed by atoms with E-state index in [4.69, 9.17) is 5.73 Å². The second kappa shape index (κ2) is 4.67. The molecule has 0 spiro atoms. The zero-order valence-electron chi connectivity index (χ0n) is 10.4. The van der Waals surface area contributed by atoms with Crippen LogP contribution in [0.25, 0.3) is 5.78 Å². The van der Waals surface area contributed by atoms with Crippen LogP contribution in [0.1, 0.15) is 19.5 Å². The van der Waals surface area contributed by atoms with Crippen LogP contribution in [-0.4, -0.2) is 32.2 Å². The molecule has 92 valence electrons. The Hall–Kier alpha value is -1.69. The number of fused-ring (bicyclic) bond motifs is 1. The van der Waals surface area contributed by atoms with Gasteiger partial charge < -0.3 is 11.1 Å². The van der Waals surface area contributed by atoms with Gasteiger partial charge in [0.1, 0.15) is 12.1 Å². The van der Waals surface area contributed by atoms with Crippen molar-refractivity contribution in [3.8, 4) is 0 Å². The third-order valence-electron chi connectivity index (χ3n) is 2.76. The molecule has 0 aliphatic rings. The number of aromatic nitrogens is 4. The number of anilines is 1. The fourth-order valence-corrected chi connectivity index (χ4v) is 1.51. The van der Waals surface area contributed by atoms with Crippen LogP contribution in [0.15, 0.2) is 12.4 Å². The molecule has 0 aromatic carbocycles. The van der Waals surface area contributed by atoms with Crippen LogP contribution in [0.5, 0.6) is 0 Å². The van der Waals surface area contributed by atoms with Crippen LogP contribution in [-0.2, 0) is 0 Å². The highest BCUT2D eigenvalue weighted by molar-refractivity contribution is 5.44. The van der Waals surface area contributed by atoms with Crippen LogP contribution in [0.3, 0.4) is 0 Å². The monoisotopic (exact) mass is 234 g/mol. The molecule has 0 aliphatic heterocycles. The van der Waals surface area contributed by atoms with Gasteiger partial charge in [0.25, 0.3) is 5.78 Å². The van der Waals surface area contributed by atoms with Gasteiger partial charge in [-0.2, -0.15) is 14.6 Å². The molecule has 0 bridgehead atoms. The number of hydrogen-bond acceptors (Lipinski definition) is 5. The van der Waals surface area contributed by atoms with Gasteiger partial charge in [0.05, 0.1) is 0 Å². The molecule has 0 saturated heterocycles. The van der Waals surface area contributed by atoms with Crippen molar-refractivity contribution in [3.63, 3.8) is 0 Å². The molecule has 0 aliphatic carbocycles. The molecule has 2 heterocycles. The molecule has 6 heteroatoms. The highest BCUT2D eigenvalue weighted by Gasteiger charge is 2.09.